The third kappa shape index (κ3) is 7.65. The monoisotopic (exact) mass is 711 g/mol. The molecule has 0 bridgehead atoms. The zero-order valence-corrected chi connectivity index (χ0v) is 31.4. The summed E-state index contributed by atoms with van der Waals surface area (Å²) >= 11 is 0. The standard InChI is InChI=1S/C52H45N3/c1-3-14-38(15-4-2)40-24-26-45(27-25-40)50-53-49(44-18-10-6-11-19-44)54-51(55-50)46-30-34-48(35-31-46)52(36-12-7-13-37-52)47-32-28-43(29-33-47)42-22-20-41(21-23-42)39-16-8-5-9-17-39/h3-6,8-11,14-35H,1,7,12-13,36-37H2,2H3/b15-4-,38-14+. The van der Waals surface area contributed by atoms with Gasteiger partial charge in [0.15, 0.2) is 17.5 Å². The zero-order chi connectivity index (χ0) is 37.5. The fourth-order valence-electron chi connectivity index (χ4n) is 8.02. The van der Waals surface area contributed by atoms with Crippen molar-refractivity contribution in [1.82, 2.24) is 15.0 Å². The van der Waals surface area contributed by atoms with E-state index in [-0.39, 0.29) is 5.41 Å². The summed E-state index contributed by atoms with van der Waals surface area (Å²) in [6, 6.07) is 56.4. The van der Waals surface area contributed by atoms with Gasteiger partial charge in [-0.05, 0) is 64.3 Å². The molecule has 3 nitrogen and oxygen atoms in total. The van der Waals surface area contributed by atoms with E-state index in [9.17, 15) is 0 Å². The summed E-state index contributed by atoms with van der Waals surface area (Å²) in [5.41, 5.74) is 12.8. The van der Waals surface area contributed by atoms with Crippen molar-refractivity contribution in [1.29, 1.82) is 0 Å². The Labute approximate surface area is 325 Å². The number of benzene rings is 6. The highest BCUT2D eigenvalue weighted by Gasteiger charge is 2.35. The Morgan fingerprint density at radius 3 is 1.31 bits per heavy atom. The molecule has 1 saturated carbocycles. The molecule has 7 aromatic rings. The maximum absolute atomic E-state index is 5.06. The second kappa shape index (κ2) is 16.3. The van der Waals surface area contributed by atoms with Crippen molar-refractivity contribution in [2.45, 2.75) is 44.4 Å². The Morgan fingerprint density at radius 2 is 0.855 bits per heavy atom. The molecule has 1 aromatic heterocycles. The molecule has 0 radical (unpaired) electrons. The number of nitrogens with zero attached hydrogens (tertiary/aromatic N) is 3. The quantitative estimate of drug-likeness (QED) is 0.133. The number of hydrogen-bond acceptors (Lipinski definition) is 3. The van der Waals surface area contributed by atoms with Crippen molar-refractivity contribution in [2.75, 3.05) is 0 Å². The molecule has 268 valence electrons. The van der Waals surface area contributed by atoms with Crippen LogP contribution in [0, 0.1) is 0 Å². The second-order valence-corrected chi connectivity index (χ2v) is 14.3. The number of allylic oxidation sites excluding steroid dienone is 5. The van der Waals surface area contributed by atoms with Gasteiger partial charge in [-0.15, -0.1) is 0 Å². The van der Waals surface area contributed by atoms with Gasteiger partial charge in [-0.25, -0.2) is 15.0 Å². The highest BCUT2D eigenvalue weighted by molar-refractivity contribution is 5.77. The summed E-state index contributed by atoms with van der Waals surface area (Å²) < 4.78 is 0. The van der Waals surface area contributed by atoms with Crippen LogP contribution in [0.3, 0.4) is 0 Å². The van der Waals surface area contributed by atoms with Crippen molar-refractivity contribution in [3.63, 3.8) is 0 Å². The molecule has 1 fully saturated rings. The molecule has 0 aliphatic heterocycles. The lowest BCUT2D eigenvalue weighted by Crippen LogP contribution is -2.30. The van der Waals surface area contributed by atoms with Crippen molar-refractivity contribution in [3.8, 4) is 56.4 Å². The fourth-order valence-corrected chi connectivity index (χ4v) is 8.02. The SMILES string of the molecule is C=C/C=C(\C=C/C)c1ccc(-c2nc(-c3ccccc3)nc(-c3ccc(C4(c5ccc(-c6ccc(-c7ccccc7)cc6)cc5)CCCCC4)cc3)n2)cc1. The highest BCUT2D eigenvalue weighted by atomic mass is 15.0. The van der Waals surface area contributed by atoms with Crippen molar-refractivity contribution in [2.24, 2.45) is 0 Å². The molecule has 0 unspecified atom stereocenters. The molecule has 0 spiro atoms. The van der Waals surface area contributed by atoms with Crippen LogP contribution in [-0.4, -0.2) is 15.0 Å². The molecule has 6 aromatic carbocycles. The van der Waals surface area contributed by atoms with E-state index in [1.807, 2.05) is 43.4 Å². The van der Waals surface area contributed by atoms with Gasteiger partial charge in [-0.1, -0.05) is 208 Å². The summed E-state index contributed by atoms with van der Waals surface area (Å²) in [6.45, 7) is 5.91. The zero-order valence-electron chi connectivity index (χ0n) is 31.4. The first-order chi connectivity index (χ1) is 27.1. The Balaban J connectivity index is 1.11. The van der Waals surface area contributed by atoms with Crippen LogP contribution >= 0.6 is 0 Å². The fraction of sp³-hybridized carbons (Fsp3) is 0.135. The van der Waals surface area contributed by atoms with E-state index >= 15 is 0 Å². The highest BCUT2D eigenvalue weighted by Crippen LogP contribution is 2.46. The van der Waals surface area contributed by atoms with Crippen LogP contribution in [-0.2, 0) is 5.41 Å². The first-order valence-corrected chi connectivity index (χ1v) is 19.4. The van der Waals surface area contributed by atoms with Gasteiger partial charge in [-0.3, -0.25) is 0 Å². The van der Waals surface area contributed by atoms with Crippen LogP contribution in [0.2, 0.25) is 0 Å². The van der Waals surface area contributed by atoms with Crippen LogP contribution in [0.25, 0.3) is 62.0 Å². The summed E-state index contributed by atoms with van der Waals surface area (Å²) in [4.78, 5) is 15.0. The molecule has 0 atom stereocenters. The van der Waals surface area contributed by atoms with E-state index in [0.717, 1.165) is 40.7 Å². The minimum Gasteiger partial charge on any atom is -0.208 e. The average molecular weight is 712 g/mol. The predicted octanol–water partition coefficient (Wildman–Crippen LogP) is 13.6. The van der Waals surface area contributed by atoms with Crippen LogP contribution in [0.15, 0.2) is 189 Å². The van der Waals surface area contributed by atoms with Crippen molar-refractivity contribution in [3.05, 3.63) is 205 Å². The maximum Gasteiger partial charge on any atom is 0.164 e. The molecular formula is C52H45N3. The van der Waals surface area contributed by atoms with Gasteiger partial charge < -0.3 is 0 Å². The van der Waals surface area contributed by atoms with E-state index in [1.165, 1.54) is 52.6 Å². The molecule has 8 rings (SSSR count). The lowest BCUT2D eigenvalue weighted by Gasteiger charge is -2.39. The first kappa shape index (κ1) is 35.6. The van der Waals surface area contributed by atoms with Gasteiger partial charge in [0, 0.05) is 22.1 Å². The van der Waals surface area contributed by atoms with E-state index in [2.05, 4.69) is 152 Å². The second-order valence-electron chi connectivity index (χ2n) is 14.3. The molecule has 3 heteroatoms. The largest absolute Gasteiger partial charge is 0.208 e. The Morgan fingerprint density at radius 1 is 0.473 bits per heavy atom. The van der Waals surface area contributed by atoms with Crippen LogP contribution in [0.5, 0.6) is 0 Å². The topological polar surface area (TPSA) is 38.7 Å². The van der Waals surface area contributed by atoms with E-state index < -0.39 is 0 Å². The normalized spacial score (nSPS) is 14.2. The van der Waals surface area contributed by atoms with Crippen molar-refractivity contribution < 1.29 is 0 Å². The number of aromatic nitrogens is 3. The van der Waals surface area contributed by atoms with E-state index in [4.69, 9.17) is 15.0 Å². The van der Waals surface area contributed by atoms with Gasteiger partial charge >= 0.3 is 0 Å². The van der Waals surface area contributed by atoms with Gasteiger partial charge in [0.05, 0.1) is 0 Å². The van der Waals surface area contributed by atoms with Gasteiger partial charge in [0.25, 0.3) is 0 Å². The van der Waals surface area contributed by atoms with E-state index in [1.54, 1.807) is 0 Å². The van der Waals surface area contributed by atoms with E-state index in [0.29, 0.717) is 17.5 Å². The Hall–Kier alpha value is -6.45. The molecule has 0 N–H and O–H groups in total. The van der Waals surface area contributed by atoms with Gasteiger partial charge in [-0.2, -0.15) is 0 Å². The van der Waals surface area contributed by atoms with Crippen LogP contribution in [0.4, 0.5) is 0 Å². The van der Waals surface area contributed by atoms with Gasteiger partial charge in [0.2, 0.25) is 0 Å². The smallest absolute Gasteiger partial charge is 0.164 e. The number of hydrogen-bond donors (Lipinski definition) is 0. The third-order valence-corrected chi connectivity index (χ3v) is 11.0. The summed E-state index contributed by atoms with van der Waals surface area (Å²) in [5, 5.41) is 0. The summed E-state index contributed by atoms with van der Waals surface area (Å²) in [7, 11) is 0. The lowest BCUT2D eigenvalue weighted by atomic mass is 9.65. The first-order valence-electron chi connectivity index (χ1n) is 19.4. The van der Waals surface area contributed by atoms with Gasteiger partial charge in [0.1, 0.15) is 0 Å². The van der Waals surface area contributed by atoms with Crippen LogP contribution in [0.1, 0.15) is 55.7 Å². The Bertz CT molecular complexity index is 2420. The van der Waals surface area contributed by atoms with Crippen LogP contribution < -0.4 is 0 Å². The maximum atomic E-state index is 5.06. The summed E-state index contributed by atoms with van der Waals surface area (Å²) in [5.74, 6) is 1.98. The summed E-state index contributed by atoms with van der Waals surface area (Å²) in [6.07, 6.45) is 14.0. The van der Waals surface area contributed by atoms with Crippen molar-refractivity contribution >= 4 is 5.57 Å². The lowest BCUT2D eigenvalue weighted by molar-refractivity contribution is 0.346. The molecule has 1 heterocycles. The molecule has 55 heavy (non-hydrogen) atoms. The Kier molecular flexibility index (Phi) is 10.5. The molecule has 0 amide bonds. The third-order valence-electron chi connectivity index (χ3n) is 11.0. The minimum absolute atomic E-state index is 0.0282. The molecule has 1 aliphatic rings. The average Bonchev–Trinajstić information content (AvgIpc) is 3.27. The molecule has 1 aliphatic carbocycles. The minimum atomic E-state index is -0.0282. The molecule has 0 saturated heterocycles. The number of rotatable bonds is 10. The predicted molar refractivity (Wildman–Crippen MR) is 230 cm³/mol. The molecular weight excluding hydrogens is 667 g/mol.